The van der Waals surface area contributed by atoms with Crippen LogP contribution in [-0.4, -0.2) is 36.5 Å². The van der Waals surface area contributed by atoms with Gasteiger partial charge in [0.15, 0.2) is 6.73 Å². The van der Waals surface area contributed by atoms with Crippen LogP contribution < -0.4 is 10.1 Å². The van der Waals surface area contributed by atoms with Gasteiger partial charge in [-0.15, -0.1) is 0 Å². The number of nitrogens with one attached hydrogen (secondary N) is 1. The van der Waals surface area contributed by atoms with Gasteiger partial charge in [0.05, 0.1) is 28.8 Å². The van der Waals surface area contributed by atoms with Gasteiger partial charge in [-0.25, -0.2) is 4.68 Å². The summed E-state index contributed by atoms with van der Waals surface area (Å²) in [5.74, 6) is -0.776. The minimum absolute atomic E-state index is 0.167. The summed E-state index contributed by atoms with van der Waals surface area (Å²) in [6.45, 7) is 5.34. The van der Waals surface area contributed by atoms with Crippen LogP contribution in [0.25, 0.3) is 0 Å². The van der Waals surface area contributed by atoms with E-state index < -0.39 is 11.9 Å². The fourth-order valence-electron chi connectivity index (χ4n) is 2.74. The summed E-state index contributed by atoms with van der Waals surface area (Å²) in [6, 6.07) is 5.38. The number of aryl methyl sites for hydroxylation is 2. The summed E-state index contributed by atoms with van der Waals surface area (Å²) in [6.07, 6.45) is 2.70. The van der Waals surface area contributed by atoms with E-state index in [0.717, 1.165) is 11.3 Å². The lowest BCUT2D eigenvalue weighted by atomic mass is 10.2. The van der Waals surface area contributed by atoms with Gasteiger partial charge in [-0.05, 0) is 44.5 Å². The molecule has 3 aromatic rings. The summed E-state index contributed by atoms with van der Waals surface area (Å²) >= 11 is 6.02. The molecule has 3 rings (SSSR count). The number of carbonyl (C=O) groups is 2. The molecule has 0 spiro atoms. The SMILES string of the molecule is Cc1cc(OCn2nc(C)c(NC(=O)c3cnn(CC(=O)O)c3)c2C)ccc1Cl. The molecule has 0 aliphatic rings. The molecule has 0 saturated carbocycles. The van der Waals surface area contributed by atoms with Gasteiger partial charge in [-0.2, -0.15) is 10.2 Å². The normalized spacial score (nSPS) is 10.8. The third kappa shape index (κ3) is 4.75. The Morgan fingerprint density at radius 1 is 1.28 bits per heavy atom. The maximum Gasteiger partial charge on any atom is 0.325 e. The molecule has 2 heterocycles. The third-order valence-electron chi connectivity index (χ3n) is 4.30. The van der Waals surface area contributed by atoms with Crippen LogP contribution in [0, 0.1) is 20.8 Å². The quantitative estimate of drug-likeness (QED) is 0.611. The molecule has 10 heteroatoms. The Morgan fingerprint density at radius 2 is 2.03 bits per heavy atom. The van der Waals surface area contributed by atoms with Crippen LogP contribution in [0.2, 0.25) is 5.02 Å². The Morgan fingerprint density at radius 3 is 2.72 bits per heavy atom. The fourth-order valence-corrected chi connectivity index (χ4v) is 2.86. The Hall–Kier alpha value is -3.33. The smallest absolute Gasteiger partial charge is 0.325 e. The van der Waals surface area contributed by atoms with Gasteiger partial charge in [-0.1, -0.05) is 11.6 Å². The van der Waals surface area contributed by atoms with Crippen LogP contribution in [-0.2, 0) is 18.1 Å². The van der Waals surface area contributed by atoms with E-state index in [2.05, 4.69) is 15.5 Å². The van der Waals surface area contributed by atoms with Crippen molar-refractivity contribution in [3.05, 3.63) is 58.1 Å². The molecule has 0 fully saturated rings. The van der Waals surface area contributed by atoms with E-state index in [1.54, 1.807) is 23.7 Å². The van der Waals surface area contributed by atoms with Crippen LogP contribution in [0.3, 0.4) is 0 Å². The van der Waals surface area contributed by atoms with Crippen LogP contribution in [0.4, 0.5) is 5.69 Å². The molecule has 152 valence electrons. The number of carbonyl (C=O) groups excluding carboxylic acids is 1. The first-order valence-electron chi connectivity index (χ1n) is 8.73. The fraction of sp³-hybridized carbons (Fsp3) is 0.263. The number of amides is 1. The molecule has 0 radical (unpaired) electrons. The first kappa shape index (κ1) is 20.4. The van der Waals surface area contributed by atoms with E-state index in [4.69, 9.17) is 21.4 Å². The van der Waals surface area contributed by atoms with Crippen LogP contribution >= 0.6 is 11.6 Å². The average Bonchev–Trinajstić information content (AvgIpc) is 3.22. The van der Waals surface area contributed by atoms with Gasteiger partial charge in [0.2, 0.25) is 0 Å². The van der Waals surface area contributed by atoms with Crippen molar-refractivity contribution in [2.45, 2.75) is 34.0 Å². The number of benzene rings is 1. The van der Waals surface area contributed by atoms with Gasteiger partial charge >= 0.3 is 5.97 Å². The van der Waals surface area contributed by atoms with Crippen LogP contribution in [0.15, 0.2) is 30.6 Å². The van der Waals surface area contributed by atoms with Crippen molar-refractivity contribution in [1.29, 1.82) is 0 Å². The number of hydrogen-bond donors (Lipinski definition) is 2. The van der Waals surface area contributed by atoms with Crippen molar-refractivity contribution in [3.8, 4) is 5.75 Å². The van der Waals surface area contributed by atoms with Crippen LogP contribution in [0.1, 0.15) is 27.3 Å². The molecule has 2 aromatic heterocycles. The molecule has 1 amide bonds. The molecule has 0 aliphatic carbocycles. The summed E-state index contributed by atoms with van der Waals surface area (Å²) in [4.78, 5) is 23.2. The molecule has 2 N–H and O–H groups in total. The molecule has 0 atom stereocenters. The Balaban J connectivity index is 1.70. The number of hydrogen-bond acceptors (Lipinski definition) is 5. The standard InChI is InChI=1S/C19H20ClN5O4/c1-11-6-15(4-5-16(11)20)29-10-25-13(3)18(12(2)23-25)22-19(28)14-7-21-24(8-14)9-17(26)27/h4-8H,9-10H2,1-3H3,(H,22,28)(H,26,27). The van der Waals surface area contributed by atoms with E-state index in [-0.39, 0.29) is 18.8 Å². The number of carboxylic acids is 1. The largest absolute Gasteiger partial charge is 0.480 e. The second-order valence-electron chi connectivity index (χ2n) is 6.50. The topological polar surface area (TPSA) is 111 Å². The number of nitrogens with zero attached hydrogens (tertiary/aromatic N) is 4. The zero-order valence-electron chi connectivity index (χ0n) is 16.1. The highest BCUT2D eigenvalue weighted by Gasteiger charge is 2.17. The molecule has 0 unspecified atom stereocenters. The third-order valence-corrected chi connectivity index (χ3v) is 4.72. The monoisotopic (exact) mass is 417 g/mol. The minimum Gasteiger partial charge on any atom is -0.480 e. The summed E-state index contributed by atoms with van der Waals surface area (Å²) in [7, 11) is 0. The Labute approximate surface area is 171 Å². The highest BCUT2D eigenvalue weighted by molar-refractivity contribution is 6.31. The number of rotatable bonds is 7. The van der Waals surface area contributed by atoms with E-state index in [1.807, 2.05) is 19.9 Å². The molecule has 1 aromatic carbocycles. The second kappa shape index (κ2) is 8.36. The molecule has 9 nitrogen and oxygen atoms in total. The van der Waals surface area contributed by atoms with Gasteiger partial charge in [0.1, 0.15) is 12.3 Å². The highest BCUT2D eigenvalue weighted by atomic mass is 35.5. The molecule has 0 bridgehead atoms. The number of aromatic nitrogens is 4. The summed E-state index contributed by atoms with van der Waals surface area (Å²) in [5, 5.41) is 20.5. The lowest BCUT2D eigenvalue weighted by molar-refractivity contribution is -0.137. The number of halogens is 1. The lowest BCUT2D eigenvalue weighted by Crippen LogP contribution is -2.14. The van der Waals surface area contributed by atoms with Crippen molar-refractivity contribution in [3.63, 3.8) is 0 Å². The zero-order valence-corrected chi connectivity index (χ0v) is 16.9. The summed E-state index contributed by atoms with van der Waals surface area (Å²) < 4.78 is 8.59. The molecular formula is C19H20ClN5O4. The van der Waals surface area contributed by atoms with Crippen LogP contribution in [0.5, 0.6) is 5.75 Å². The van der Waals surface area contributed by atoms with Gasteiger partial charge in [-0.3, -0.25) is 14.3 Å². The molecular weight excluding hydrogens is 398 g/mol. The predicted octanol–water partition coefficient (Wildman–Crippen LogP) is 3.03. The maximum absolute atomic E-state index is 12.5. The molecule has 0 aliphatic heterocycles. The summed E-state index contributed by atoms with van der Waals surface area (Å²) in [5.41, 5.74) is 3.08. The minimum atomic E-state index is -1.04. The zero-order chi connectivity index (χ0) is 21.1. The maximum atomic E-state index is 12.5. The first-order chi connectivity index (χ1) is 13.7. The first-order valence-corrected chi connectivity index (χ1v) is 9.11. The van der Waals surface area contributed by atoms with E-state index >= 15 is 0 Å². The number of ether oxygens (including phenoxy) is 1. The number of carboxylic acid groups (broad SMARTS) is 1. The van der Waals surface area contributed by atoms with Crippen molar-refractivity contribution >= 4 is 29.2 Å². The Kier molecular flexibility index (Phi) is 5.88. The van der Waals surface area contributed by atoms with Gasteiger partial charge < -0.3 is 15.2 Å². The molecule has 29 heavy (non-hydrogen) atoms. The van der Waals surface area contributed by atoms with E-state index in [0.29, 0.717) is 22.2 Å². The highest BCUT2D eigenvalue weighted by Crippen LogP contribution is 2.23. The van der Waals surface area contributed by atoms with Crippen molar-refractivity contribution in [1.82, 2.24) is 19.6 Å². The van der Waals surface area contributed by atoms with E-state index in [1.165, 1.54) is 17.1 Å². The van der Waals surface area contributed by atoms with Gasteiger partial charge in [0, 0.05) is 11.2 Å². The predicted molar refractivity (Wildman–Crippen MR) is 106 cm³/mol. The Bertz CT molecular complexity index is 1070. The molecule has 0 saturated heterocycles. The number of aliphatic carboxylic acids is 1. The second-order valence-corrected chi connectivity index (χ2v) is 6.91. The van der Waals surface area contributed by atoms with Crippen molar-refractivity contribution in [2.24, 2.45) is 0 Å². The number of anilines is 1. The van der Waals surface area contributed by atoms with E-state index in [9.17, 15) is 9.59 Å². The lowest BCUT2D eigenvalue weighted by Gasteiger charge is -2.10. The van der Waals surface area contributed by atoms with Gasteiger partial charge in [0.25, 0.3) is 5.91 Å². The average molecular weight is 418 g/mol. The van der Waals surface area contributed by atoms with Crippen molar-refractivity contribution in [2.75, 3.05) is 5.32 Å². The van der Waals surface area contributed by atoms with Crippen molar-refractivity contribution < 1.29 is 19.4 Å².